The zero-order chi connectivity index (χ0) is 28.7. The molecule has 10 unspecified atom stereocenters. The Morgan fingerprint density at radius 3 is 1.35 bits per heavy atom. The van der Waals surface area contributed by atoms with Crippen LogP contribution in [0.2, 0.25) is 0 Å². The zero-order valence-corrected chi connectivity index (χ0v) is 21.0. The third kappa shape index (κ3) is 5.05. The zero-order valence-electron chi connectivity index (χ0n) is 21.0. The van der Waals surface area contributed by atoms with Crippen LogP contribution in [0.4, 0.5) is 0 Å². The van der Waals surface area contributed by atoms with Crippen LogP contribution in [0, 0.1) is 23.7 Å². The third-order valence-corrected chi connectivity index (χ3v) is 7.32. The molecule has 40 heavy (non-hydrogen) atoms. The van der Waals surface area contributed by atoms with Gasteiger partial charge in [-0.3, -0.25) is 4.79 Å². The number of ether oxygens (including phenoxy) is 2. The summed E-state index contributed by atoms with van der Waals surface area (Å²) in [6.07, 6.45) is -13.5. The van der Waals surface area contributed by atoms with Crippen molar-refractivity contribution in [3.05, 3.63) is 58.7 Å². The van der Waals surface area contributed by atoms with Gasteiger partial charge in [0.25, 0.3) is 0 Å². The molecule has 2 saturated heterocycles. The Hall–Kier alpha value is -3.17. The lowest BCUT2D eigenvalue weighted by atomic mass is 9.95. The van der Waals surface area contributed by atoms with Crippen LogP contribution in [0.3, 0.4) is 0 Å². The first-order valence-corrected chi connectivity index (χ1v) is 12.6. The minimum atomic E-state index is -1.54. The van der Waals surface area contributed by atoms with Crippen LogP contribution in [-0.4, -0.2) is 121 Å². The van der Waals surface area contributed by atoms with E-state index in [1.807, 2.05) is 0 Å². The summed E-state index contributed by atoms with van der Waals surface area (Å²) in [4.78, 5) is 13.2. The number of hydrogen-bond acceptors (Lipinski definition) is 11. The van der Waals surface area contributed by atoms with Crippen molar-refractivity contribution in [2.75, 3.05) is 13.2 Å². The Morgan fingerprint density at radius 1 is 0.575 bits per heavy atom. The van der Waals surface area contributed by atoms with Crippen molar-refractivity contribution in [2.45, 2.75) is 61.0 Å². The quantitative estimate of drug-likeness (QED) is 0.154. The molecule has 2 heterocycles. The predicted molar refractivity (Wildman–Crippen MR) is 137 cm³/mol. The summed E-state index contributed by atoms with van der Waals surface area (Å²) in [5, 5.41) is 78.8. The Bertz CT molecular complexity index is 1310. The Balaban J connectivity index is 1.35. The van der Waals surface area contributed by atoms with Gasteiger partial charge in [0.2, 0.25) is 0 Å². The number of aliphatic hydroxyl groups is 8. The van der Waals surface area contributed by atoms with E-state index in [9.17, 15) is 45.6 Å². The van der Waals surface area contributed by atoms with Crippen molar-refractivity contribution >= 4 is 5.78 Å². The molecule has 0 bridgehead atoms. The Labute approximate surface area is 228 Å². The highest BCUT2D eigenvalue weighted by molar-refractivity contribution is 6.22. The highest BCUT2D eigenvalue weighted by atomic mass is 16.5. The standard InChI is InChI=1S/C29H28O11/c30-11-21-26(35)28(37)24(33)19(39-21)7-3-13-1-5-15-16-6-2-14(10-18(16)23(32)17(15)9-13)4-8-20-25(34)29(38)27(36)22(12-31)40-20/h1-2,5-6,9-10,19-22,24-31,33-38H,11-12H2. The van der Waals surface area contributed by atoms with Crippen molar-refractivity contribution in [3.8, 4) is 34.8 Å². The minimum Gasteiger partial charge on any atom is -0.394 e. The summed E-state index contributed by atoms with van der Waals surface area (Å²) >= 11 is 0. The topological polar surface area (TPSA) is 197 Å². The third-order valence-electron chi connectivity index (χ3n) is 7.32. The molecule has 2 aromatic carbocycles. The summed E-state index contributed by atoms with van der Waals surface area (Å²) in [5.74, 6) is 10.7. The van der Waals surface area contributed by atoms with Crippen molar-refractivity contribution in [2.24, 2.45) is 0 Å². The summed E-state index contributed by atoms with van der Waals surface area (Å²) < 4.78 is 10.8. The van der Waals surface area contributed by atoms with Gasteiger partial charge < -0.3 is 50.3 Å². The molecule has 10 atom stereocenters. The highest BCUT2D eigenvalue weighted by Crippen LogP contribution is 2.37. The molecule has 0 spiro atoms. The van der Waals surface area contributed by atoms with Gasteiger partial charge in [-0.2, -0.15) is 0 Å². The van der Waals surface area contributed by atoms with Crippen molar-refractivity contribution < 1.29 is 55.1 Å². The SMILES string of the molecule is O=C1c2cc(C#CC3OC(CO)C(O)C(O)C3O)ccc2-c2ccc(C#CC3OC(CO)C(O)C(O)C3O)cc21. The summed E-state index contributed by atoms with van der Waals surface area (Å²) in [7, 11) is 0. The van der Waals surface area contributed by atoms with Crippen LogP contribution in [0.5, 0.6) is 0 Å². The van der Waals surface area contributed by atoms with Gasteiger partial charge in [0.1, 0.15) is 61.0 Å². The fourth-order valence-electron chi connectivity index (χ4n) is 4.99. The fraction of sp³-hybridized carbons (Fsp3) is 0.414. The average molecular weight is 553 g/mol. The number of fused-ring (bicyclic) bond motifs is 3. The lowest BCUT2D eigenvalue weighted by Gasteiger charge is -2.37. The largest absolute Gasteiger partial charge is 0.394 e. The summed E-state index contributed by atoms with van der Waals surface area (Å²) in [5.41, 5.74) is 3.06. The molecule has 11 nitrogen and oxygen atoms in total. The lowest BCUT2D eigenvalue weighted by Crippen LogP contribution is -2.58. The number of hydrogen-bond donors (Lipinski definition) is 8. The van der Waals surface area contributed by atoms with Crippen LogP contribution >= 0.6 is 0 Å². The van der Waals surface area contributed by atoms with E-state index in [1.54, 1.807) is 36.4 Å². The molecule has 0 radical (unpaired) electrons. The highest BCUT2D eigenvalue weighted by Gasteiger charge is 2.43. The van der Waals surface area contributed by atoms with Crippen LogP contribution in [0.15, 0.2) is 36.4 Å². The summed E-state index contributed by atoms with van der Waals surface area (Å²) in [6.45, 7) is -1.13. The second-order valence-electron chi connectivity index (χ2n) is 9.89. The maximum Gasteiger partial charge on any atom is 0.194 e. The number of benzene rings is 2. The molecule has 2 aliphatic heterocycles. The number of carbonyl (C=O) groups is 1. The molecule has 2 aromatic rings. The number of rotatable bonds is 2. The molecule has 2 fully saturated rings. The van der Waals surface area contributed by atoms with Gasteiger partial charge in [0.15, 0.2) is 5.78 Å². The van der Waals surface area contributed by atoms with Crippen LogP contribution in [0.1, 0.15) is 27.0 Å². The normalized spacial score (nSPS) is 34.6. The van der Waals surface area contributed by atoms with Crippen LogP contribution in [0.25, 0.3) is 11.1 Å². The van der Waals surface area contributed by atoms with Crippen LogP contribution < -0.4 is 0 Å². The first-order chi connectivity index (χ1) is 19.1. The second kappa shape index (κ2) is 11.4. The molecule has 210 valence electrons. The van der Waals surface area contributed by atoms with E-state index in [2.05, 4.69) is 23.7 Å². The molecule has 0 saturated carbocycles. The van der Waals surface area contributed by atoms with Crippen LogP contribution in [-0.2, 0) is 9.47 Å². The monoisotopic (exact) mass is 552 g/mol. The van der Waals surface area contributed by atoms with E-state index >= 15 is 0 Å². The van der Waals surface area contributed by atoms with Gasteiger partial charge >= 0.3 is 0 Å². The maximum atomic E-state index is 13.2. The van der Waals surface area contributed by atoms with Gasteiger partial charge in [-0.1, -0.05) is 35.8 Å². The molecule has 5 rings (SSSR count). The van der Waals surface area contributed by atoms with E-state index in [0.29, 0.717) is 33.4 Å². The molecule has 3 aliphatic rings. The van der Waals surface area contributed by atoms with E-state index in [1.165, 1.54) is 0 Å². The smallest absolute Gasteiger partial charge is 0.194 e. The molecular formula is C29H28O11. The van der Waals surface area contributed by atoms with Gasteiger partial charge in [-0.15, -0.1) is 0 Å². The van der Waals surface area contributed by atoms with Gasteiger partial charge in [0, 0.05) is 22.3 Å². The lowest BCUT2D eigenvalue weighted by molar-refractivity contribution is -0.214. The van der Waals surface area contributed by atoms with E-state index in [0.717, 1.165) is 0 Å². The second-order valence-corrected chi connectivity index (χ2v) is 9.89. The van der Waals surface area contributed by atoms with Gasteiger partial charge in [0.05, 0.1) is 13.2 Å². The number of ketones is 1. The van der Waals surface area contributed by atoms with Crippen molar-refractivity contribution in [3.63, 3.8) is 0 Å². The maximum absolute atomic E-state index is 13.2. The number of aliphatic hydroxyl groups excluding tert-OH is 8. The first kappa shape index (κ1) is 28.4. The predicted octanol–water partition coefficient (Wildman–Crippen LogP) is -2.71. The molecule has 8 N–H and O–H groups in total. The fourth-order valence-corrected chi connectivity index (χ4v) is 4.99. The van der Waals surface area contributed by atoms with Crippen molar-refractivity contribution in [1.82, 2.24) is 0 Å². The Kier molecular flexibility index (Phi) is 8.06. The average Bonchev–Trinajstić information content (AvgIpc) is 3.24. The molecule has 0 aromatic heterocycles. The molecular weight excluding hydrogens is 524 g/mol. The Morgan fingerprint density at radius 2 is 0.975 bits per heavy atom. The van der Waals surface area contributed by atoms with E-state index in [4.69, 9.17) is 9.47 Å². The molecule has 0 amide bonds. The van der Waals surface area contributed by atoms with Gasteiger partial charge in [-0.25, -0.2) is 0 Å². The van der Waals surface area contributed by atoms with Crippen molar-refractivity contribution in [1.29, 1.82) is 0 Å². The molecule has 11 heteroatoms. The van der Waals surface area contributed by atoms with E-state index < -0.39 is 74.3 Å². The first-order valence-electron chi connectivity index (χ1n) is 12.6. The van der Waals surface area contributed by atoms with E-state index in [-0.39, 0.29) is 5.78 Å². The number of carbonyl (C=O) groups excluding carboxylic acids is 1. The molecule has 1 aliphatic carbocycles. The van der Waals surface area contributed by atoms with Gasteiger partial charge in [-0.05, 0) is 35.4 Å². The summed E-state index contributed by atoms with van der Waals surface area (Å²) in [6, 6.07) is 10.0. The minimum absolute atomic E-state index is 0.266.